The molecule has 1 aromatic rings. The molecule has 2 rings (SSSR count). The van der Waals surface area contributed by atoms with Crippen LogP contribution < -0.4 is 4.90 Å². The van der Waals surface area contributed by atoms with Crippen molar-refractivity contribution in [3.63, 3.8) is 0 Å². The molecule has 4 nitrogen and oxygen atoms in total. The van der Waals surface area contributed by atoms with Crippen LogP contribution in [0.4, 0.5) is 5.69 Å². The quantitative estimate of drug-likeness (QED) is 0.889. The second-order valence-electron chi connectivity index (χ2n) is 4.64. The topological polar surface area (TPSA) is 57.6 Å². The highest BCUT2D eigenvalue weighted by atomic mass is 16.4. The number of aryl methyl sites for hydroxylation is 1. The third-order valence-electron chi connectivity index (χ3n) is 3.60. The smallest absolute Gasteiger partial charge is 0.309 e. The number of aliphatic carboxylic acids is 1. The van der Waals surface area contributed by atoms with Crippen LogP contribution in [0.2, 0.25) is 0 Å². The summed E-state index contributed by atoms with van der Waals surface area (Å²) in [5.74, 6) is -1.61. The zero-order valence-electron chi connectivity index (χ0n) is 10.6. The number of carbonyl (C=O) groups is 2. The van der Waals surface area contributed by atoms with Crippen LogP contribution in [-0.4, -0.2) is 23.0 Å². The van der Waals surface area contributed by atoms with Gasteiger partial charge in [0.15, 0.2) is 0 Å². The molecule has 1 fully saturated rings. The van der Waals surface area contributed by atoms with Crippen molar-refractivity contribution in [1.82, 2.24) is 0 Å². The highest BCUT2D eigenvalue weighted by Gasteiger charge is 2.42. The molecule has 1 aromatic carbocycles. The number of carbonyl (C=O) groups excluding carboxylic acids is 1. The van der Waals surface area contributed by atoms with Gasteiger partial charge in [-0.1, -0.05) is 25.1 Å². The number of carboxylic acids is 1. The fraction of sp³-hybridized carbons (Fsp3) is 0.429. The molecular weight excluding hydrogens is 230 g/mol. The molecule has 18 heavy (non-hydrogen) atoms. The first-order valence-electron chi connectivity index (χ1n) is 6.19. The summed E-state index contributed by atoms with van der Waals surface area (Å²) in [6, 6.07) is 7.38. The van der Waals surface area contributed by atoms with E-state index in [1.54, 1.807) is 11.8 Å². The number of carboxylic acid groups (broad SMARTS) is 1. The molecule has 0 radical (unpaired) electrons. The number of hydrogen-bond acceptors (Lipinski definition) is 2. The Morgan fingerprint density at radius 2 is 2.11 bits per heavy atom. The third kappa shape index (κ3) is 1.98. The lowest BCUT2D eigenvalue weighted by atomic mass is 10.0. The van der Waals surface area contributed by atoms with E-state index in [0.29, 0.717) is 0 Å². The first-order valence-corrected chi connectivity index (χ1v) is 6.19. The van der Waals surface area contributed by atoms with E-state index in [0.717, 1.165) is 17.7 Å². The van der Waals surface area contributed by atoms with Gasteiger partial charge >= 0.3 is 5.97 Å². The number of hydrogen-bond donors (Lipinski definition) is 1. The van der Waals surface area contributed by atoms with E-state index in [1.165, 1.54) is 0 Å². The molecule has 2 unspecified atom stereocenters. The van der Waals surface area contributed by atoms with Gasteiger partial charge in [-0.05, 0) is 25.0 Å². The molecule has 1 saturated heterocycles. The van der Waals surface area contributed by atoms with Crippen LogP contribution in [0.1, 0.15) is 25.8 Å². The molecule has 0 aromatic heterocycles. The molecule has 1 heterocycles. The first-order chi connectivity index (χ1) is 8.56. The minimum Gasteiger partial charge on any atom is -0.481 e. The van der Waals surface area contributed by atoms with E-state index in [9.17, 15) is 9.59 Å². The minimum absolute atomic E-state index is 0.0918. The highest BCUT2D eigenvalue weighted by molar-refractivity contribution is 6.00. The van der Waals surface area contributed by atoms with Crippen LogP contribution in [0.25, 0.3) is 0 Å². The van der Waals surface area contributed by atoms with Gasteiger partial charge < -0.3 is 10.0 Å². The lowest BCUT2D eigenvalue weighted by molar-refractivity contribution is -0.142. The molecule has 96 valence electrons. The van der Waals surface area contributed by atoms with E-state index in [4.69, 9.17) is 5.11 Å². The van der Waals surface area contributed by atoms with Gasteiger partial charge in [0.2, 0.25) is 5.91 Å². The zero-order chi connectivity index (χ0) is 13.3. The number of para-hydroxylation sites is 1. The Balaban J connectivity index is 2.39. The van der Waals surface area contributed by atoms with Crippen LogP contribution in [0, 0.1) is 5.92 Å². The minimum atomic E-state index is -0.896. The van der Waals surface area contributed by atoms with E-state index in [1.807, 2.05) is 31.2 Å². The molecule has 1 N–H and O–H groups in total. The average Bonchev–Trinajstić information content (AvgIpc) is 2.65. The standard InChI is InChI=1S/C14H17NO3/c1-3-10-6-4-5-7-12(10)15-9(2)11(14(17)18)8-13(15)16/h4-7,9,11H,3,8H2,1-2H3,(H,17,18). The maximum Gasteiger partial charge on any atom is 0.309 e. The van der Waals surface area contributed by atoms with Crippen molar-refractivity contribution in [2.45, 2.75) is 32.7 Å². The molecule has 1 amide bonds. The molecule has 4 heteroatoms. The maximum absolute atomic E-state index is 12.0. The van der Waals surface area contributed by atoms with Crippen LogP contribution in [0.3, 0.4) is 0 Å². The predicted molar refractivity (Wildman–Crippen MR) is 68.5 cm³/mol. The summed E-state index contributed by atoms with van der Waals surface area (Å²) in [4.78, 5) is 24.8. The molecular formula is C14H17NO3. The Kier molecular flexibility index (Phi) is 3.36. The van der Waals surface area contributed by atoms with E-state index in [2.05, 4.69) is 0 Å². The summed E-state index contributed by atoms with van der Waals surface area (Å²) in [5.41, 5.74) is 1.92. The second-order valence-corrected chi connectivity index (χ2v) is 4.64. The van der Waals surface area contributed by atoms with Crippen molar-refractivity contribution in [2.24, 2.45) is 5.92 Å². The summed E-state index contributed by atoms with van der Waals surface area (Å²) in [6.45, 7) is 3.83. The Morgan fingerprint density at radius 1 is 1.44 bits per heavy atom. The molecule has 0 saturated carbocycles. The predicted octanol–water partition coefficient (Wildman–Crippen LogP) is 2.08. The SMILES string of the molecule is CCc1ccccc1N1C(=O)CC(C(=O)O)C1C. The van der Waals surface area contributed by atoms with Gasteiger partial charge in [-0.3, -0.25) is 9.59 Å². The summed E-state index contributed by atoms with van der Waals surface area (Å²) >= 11 is 0. The Hall–Kier alpha value is -1.84. The fourth-order valence-corrected chi connectivity index (χ4v) is 2.56. The lowest BCUT2D eigenvalue weighted by Gasteiger charge is -2.25. The van der Waals surface area contributed by atoms with Gasteiger partial charge in [-0.15, -0.1) is 0 Å². The molecule has 0 spiro atoms. The average molecular weight is 247 g/mol. The number of rotatable bonds is 3. The number of anilines is 1. The molecule has 1 aliphatic heterocycles. The van der Waals surface area contributed by atoms with Crippen molar-refractivity contribution in [3.8, 4) is 0 Å². The van der Waals surface area contributed by atoms with Crippen molar-refractivity contribution >= 4 is 17.6 Å². The number of benzene rings is 1. The second kappa shape index (κ2) is 4.80. The van der Waals surface area contributed by atoms with Gasteiger partial charge in [0.25, 0.3) is 0 Å². The van der Waals surface area contributed by atoms with Crippen LogP contribution in [-0.2, 0) is 16.0 Å². The Bertz CT molecular complexity index is 484. The third-order valence-corrected chi connectivity index (χ3v) is 3.60. The summed E-state index contributed by atoms with van der Waals surface area (Å²) in [7, 11) is 0. The summed E-state index contributed by atoms with van der Waals surface area (Å²) < 4.78 is 0. The normalized spacial score (nSPS) is 23.4. The van der Waals surface area contributed by atoms with Crippen LogP contribution >= 0.6 is 0 Å². The van der Waals surface area contributed by atoms with Crippen LogP contribution in [0.15, 0.2) is 24.3 Å². The van der Waals surface area contributed by atoms with E-state index < -0.39 is 11.9 Å². The van der Waals surface area contributed by atoms with Crippen molar-refractivity contribution < 1.29 is 14.7 Å². The van der Waals surface area contributed by atoms with Gasteiger partial charge in [0.1, 0.15) is 0 Å². The molecule has 0 bridgehead atoms. The Morgan fingerprint density at radius 3 is 2.67 bits per heavy atom. The number of amides is 1. The molecule has 0 aliphatic carbocycles. The summed E-state index contributed by atoms with van der Waals surface area (Å²) in [5, 5.41) is 9.11. The van der Waals surface area contributed by atoms with Crippen LogP contribution in [0.5, 0.6) is 0 Å². The monoisotopic (exact) mass is 247 g/mol. The maximum atomic E-state index is 12.0. The van der Waals surface area contributed by atoms with Gasteiger partial charge in [-0.2, -0.15) is 0 Å². The van der Waals surface area contributed by atoms with Gasteiger partial charge in [0.05, 0.1) is 5.92 Å². The summed E-state index contributed by atoms with van der Waals surface area (Å²) in [6.07, 6.45) is 0.916. The lowest BCUT2D eigenvalue weighted by Crippen LogP contribution is -2.35. The van der Waals surface area contributed by atoms with Gasteiger partial charge in [0, 0.05) is 18.2 Å². The Labute approximate surface area is 106 Å². The molecule has 1 aliphatic rings. The van der Waals surface area contributed by atoms with Crippen molar-refractivity contribution in [2.75, 3.05) is 4.90 Å². The zero-order valence-corrected chi connectivity index (χ0v) is 10.6. The van der Waals surface area contributed by atoms with Gasteiger partial charge in [-0.25, -0.2) is 0 Å². The number of nitrogens with zero attached hydrogens (tertiary/aromatic N) is 1. The molecule has 2 atom stereocenters. The largest absolute Gasteiger partial charge is 0.481 e. The fourth-order valence-electron chi connectivity index (χ4n) is 2.56. The van der Waals surface area contributed by atoms with Crippen molar-refractivity contribution in [3.05, 3.63) is 29.8 Å². The van der Waals surface area contributed by atoms with E-state index >= 15 is 0 Å². The first kappa shape index (κ1) is 12.6. The highest BCUT2D eigenvalue weighted by Crippen LogP contribution is 2.33. The van der Waals surface area contributed by atoms with E-state index in [-0.39, 0.29) is 18.4 Å². The van der Waals surface area contributed by atoms with Crippen molar-refractivity contribution in [1.29, 1.82) is 0 Å².